The van der Waals surface area contributed by atoms with Crippen LogP contribution >= 0.6 is 15.9 Å². The summed E-state index contributed by atoms with van der Waals surface area (Å²) in [6.07, 6.45) is 6.65. The second kappa shape index (κ2) is 9.71. The van der Waals surface area contributed by atoms with Gasteiger partial charge in [0.1, 0.15) is 0 Å². The molecule has 1 aromatic rings. The zero-order valence-corrected chi connectivity index (χ0v) is 13.4. The summed E-state index contributed by atoms with van der Waals surface area (Å²) in [5.74, 6) is 13.0. The van der Waals surface area contributed by atoms with Crippen LogP contribution < -0.4 is 0 Å². The van der Waals surface area contributed by atoms with Gasteiger partial charge in [0.2, 0.25) is 0 Å². The molecule has 19 heavy (non-hydrogen) atoms. The van der Waals surface area contributed by atoms with Crippen molar-refractivity contribution in [3.63, 3.8) is 0 Å². The number of halogens is 1. The van der Waals surface area contributed by atoms with Gasteiger partial charge in [-0.15, -0.1) is 0 Å². The Morgan fingerprint density at radius 1 is 0.895 bits per heavy atom. The topological polar surface area (TPSA) is 0 Å². The minimum absolute atomic E-state index is 0.964. The van der Waals surface area contributed by atoms with Gasteiger partial charge in [-0.2, -0.15) is 0 Å². The molecule has 100 valence electrons. The molecule has 1 rings (SSSR count). The Morgan fingerprint density at radius 2 is 1.47 bits per heavy atom. The Hall–Kier alpha value is -1.18. The third-order valence-corrected chi connectivity index (χ3v) is 3.23. The molecule has 0 aliphatic carbocycles. The molecule has 0 fully saturated rings. The lowest BCUT2D eigenvalue weighted by molar-refractivity contribution is 0.828. The Morgan fingerprint density at radius 3 is 2.05 bits per heavy atom. The van der Waals surface area contributed by atoms with E-state index in [0.717, 1.165) is 28.4 Å². The van der Waals surface area contributed by atoms with Crippen LogP contribution in [0.5, 0.6) is 0 Å². The largest absolute Gasteiger partial charge is 0.0978 e. The lowest BCUT2D eigenvalue weighted by Crippen LogP contribution is -1.84. The molecule has 0 aliphatic heterocycles. The van der Waals surface area contributed by atoms with Crippen LogP contribution in [0.2, 0.25) is 0 Å². The number of hydrogen-bond acceptors (Lipinski definition) is 0. The molecule has 0 atom stereocenters. The van der Waals surface area contributed by atoms with Crippen molar-refractivity contribution in [3.8, 4) is 23.7 Å². The van der Waals surface area contributed by atoms with Crippen LogP contribution in [0.15, 0.2) is 22.7 Å². The van der Waals surface area contributed by atoms with Crippen LogP contribution in [0.25, 0.3) is 0 Å². The van der Waals surface area contributed by atoms with Crippen LogP contribution in [0, 0.1) is 23.7 Å². The van der Waals surface area contributed by atoms with Gasteiger partial charge in [-0.25, -0.2) is 0 Å². The molecule has 0 amide bonds. The average molecular weight is 317 g/mol. The summed E-state index contributed by atoms with van der Waals surface area (Å²) in [5.41, 5.74) is 2.08. The highest BCUT2D eigenvalue weighted by atomic mass is 79.9. The number of rotatable bonds is 4. The minimum atomic E-state index is 0.964. The van der Waals surface area contributed by atoms with Gasteiger partial charge >= 0.3 is 0 Å². The maximum atomic E-state index is 3.50. The molecule has 0 aromatic heterocycles. The summed E-state index contributed by atoms with van der Waals surface area (Å²) >= 11 is 3.50. The number of hydrogen-bond donors (Lipinski definition) is 0. The standard InChI is InChI=1S/C18H21Br/c1-3-5-7-9-11-16-13-14-18(19)15-17(16)12-10-8-6-4-2/h13-15H,3-8H2,1-2H3. The normalized spacial score (nSPS) is 9.21. The monoisotopic (exact) mass is 316 g/mol. The summed E-state index contributed by atoms with van der Waals surface area (Å²) < 4.78 is 1.06. The van der Waals surface area contributed by atoms with Crippen molar-refractivity contribution >= 4 is 15.9 Å². The van der Waals surface area contributed by atoms with Crippen LogP contribution in [0.3, 0.4) is 0 Å². The van der Waals surface area contributed by atoms with Crippen LogP contribution in [-0.4, -0.2) is 0 Å². The first kappa shape index (κ1) is 15.9. The van der Waals surface area contributed by atoms with E-state index in [0.29, 0.717) is 0 Å². The fourth-order valence-electron chi connectivity index (χ4n) is 1.57. The first-order chi connectivity index (χ1) is 9.27. The van der Waals surface area contributed by atoms with Gasteiger partial charge in [-0.05, 0) is 31.0 Å². The van der Waals surface area contributed by atoms with E-state index in [1.807, 2.05) is 12.1 Å². The van der Waals surface area contributed by atoms with E-state index >= 15 is 0 Å². The fourth-order valence-corrected chi connectivity index (χ4v) is 1.94. The number of benzene rings is 1. The van der Waals surface area contributed by atoms with E-state index in [2.05, 4.69) is 59.5 Å². The minimum Gasteiger partial charge on any atom is -0.0978 e. The summed E-state index contributed by atoms with van der Waals surface area (Å²) in [6, 6.07) is 6.14. The van der Waals surface area contributed by atoms with Gasteiger partial charge in [-0.3, -0.25) is 0 Å². The van der Waals surface area contributed by atoms with Gasteiger partial charge in [-0.1, -0.05) is 66.3 Å². The lowest BCUT2D eigenvalue weighted by Gasteiger charge is -1.98. The van der Waals surface area contributed by atoms with E-state index < -0.39 is 0 Å². The maximum absolute atomic E-state index is 3.50. The molecule has 1 heteroatoms. The zero-order valence-electron chi connectivity index (χ0n) is 11.9. The van der Waals surface area contributed by atoms with Gasteiger partial charge in [0, 0.05) is 28.4 Å². The van der Waals surface area contributed by atoms with Crippen molar-refractivity contribution in [3.05, 3.63) is 33.8 Å². The van der Waals surface area contributed by atoms with E-state index in [9.17, 15) is 0 Å². The quantitative estimate of drug-likeness (QED) is 0.506. The molecule has 0 radical (unpaired) electrons. The Balaban J connectivity index is 2.83. The molecule has 0 nitrogen and oxygen atoms in total. The van der Waals surface area contributed by atoms with Crippen molar-refractivity contribution in [1.82, 2.24) is 0 Å². The molecule has 0 spiro atoms. The smallest absolute Gasteiger partial charge is 0.0413 e. The van der Waals surface area contributed by atoms with Crippen molar-refractivity contribution in [1.29, 1.82) is 0 Å². The third kappa shape index (κ3) is 6.51. The van der Waals surface area contributed by atoms with Crippen molar-refractivity contribution in [2.24, 2.45) is 0 Å². The van der Waals surface area contributed by atoms with Crippen LogP contribution in [0.4, 0.5) is 0 Å². The van der Waals surface area contributed by atoms with E-state index in [1.54, 1.807) is 0 Å². The second-order valence-electron chi connectivity index (χ2n) is 4.50. The highest BCUT2D eigenvalue weighted by molar-refractivity contribution is 9.10. The fraction of sp³-hybridized carbons (Fsp3) is 0.444. The zero-order chi connectivity index (χ0) is 13.9. The highest BCUT2D eigenvalue weighted by Gasteiger charge is 1.97. The van der Waals surface area contributed by atoms with Crippen LogP contribution in [-0.2, 0) is 0 Å². The van der Waals surface area contributed by atoms with Gasteiger partial charge < -0.3 is 0 Å². The molecule has 0 saturated carbocycles. The van der Waals surface area contributed by atoms with E-state index in [-0.39, 0.29) is 0 Å². The second-order valence-corrected chi connectivity index (χ2v) is 5.42. The molecule has 0 N–H and O–H groups in total. The van der Waals surface area contributed by atoms with Gasteiger partial charge in [0.25, 0.3) is 0 Å². The van der Waals surface area contributed by atoms with E-state index in [1.165, 1.54) is 25.7 Å². The molecule has 0 bridgehead atoms. The van der Waals surface area contributed by atoms with Crippen molar-refractivity contribution in [2.45, 2.75) is 52.4 Å². The predicted molar refractivity (Wildman–Crippen MR) is 86.9 cm³/mol. The van der Waals surface area contributed by atoms with E-state index in [4.69, 9.17) is 0 Å². The lowest BCUT2D eigenvalue weighted by atomic mass is 10.1. The summed E-state index contributed by atoms with van der Waals surface area (Å²) in [5, 5.41) is 0. The molecule has 0 aliphatic rings. The molecular formula is C18H21Br. The van der Waals surface area contributed by atoms with Crippen LogP contribution in [0.1, 0.15) is 63.5 Å². The first-order valence-electron chi connectivity index (χ1n) is 7.05. The molecule has 0 unspecified atom stereocenters. The molecule has 0 saturated heterocycles. The highest BCUT2D eigenvalue weighted by Crippen LogP contribution is 2.15. The average Bonchev–Trinajstić information content (AvgIpc) is 2.41. The Kier molecular flexibility index (Phi) is 8.11. The predicted octanol–water partition coefficient (Wildman–Crippen LogP) is 5.53. The van der Waals surface area contributed by atoms with Gasteiger partial charge in [0.15, 0.2) is 0 Å². The molecular weight excluding hydrogens is 296 g/mol. The number of unbranched alkanes of at least 4 members (excludes halogenated alkanes) is 4. The third-order valence-electron chi connectivity index (χ3n) is 2.74. The van der Waals surface area contributed by atoms with Crippen molar-refractivity contribution < 1.29 is 0 Å². The SMILES string of the molecule is CCCCC#Cc1ccc(Br)cc1C#CCCCC. The Bertz CT molecular complexity index is 506. The Labute approximate surface area is 126 Å². The summed E-state index contributed by atoms with van der Waals surface area (Å²) in [4.78, 5) is 0. The summed E-state index contributed by atoms with van der Waals surface area (Å²) in [7, 11) is 0. The van der Waals surface area contributed by atoms with Gasteiger partial charge in [0.05, 0.1) is 0 Å². The summed E-state index contributed by atoms with van der Waals surface area (Å²) in [6.45, 7) is 4.37. The maximum Gasteiger partial charge on any atom is 0.0413 e. The van der Waals surface area contributed by atoms with Crippen molar-refractivity contribution in [2.75, 3.05) is 0 Å². The first-order valence-corrected chi connectivity index (χ1v) is 7.84. The molecule has 0 heterocycles. The molecule has 1 aromatic carbocycles.